The van der Waals surface area contributed by atoms with Gasteiger partial charge in [-0.3, -0.25) is 14.8 Å². The van der Waals surface area contributed by atoms with Crippen molar-refractivity contribution in [1.29, 1.82) is 0 Å². The SMILES string of the molecule is CNC(=O)c1c(-c2ccccn2)c(C(C)N)nc2cccnc12. The summed E-state index contributed by atoms with van der Waals surface area (Å²) in [6.45, 7) is 1.84. The summed E-state index contributed by atoms with van der Waals surface area (Å²) in [7, 11) is 1.59. The number of nitrogens with two attached hydrogens (primary N) is 1. The van der Waals surface area contributed by atoms with Crippen molar-refractivity contribution in [1.82, 2.24) is 20.3 Å². The quantitative estimate of drug-likeness (QED) is 0.772. The van der Waals surface area contributed by atoms with Crippen LogP contribution in [0.25, 0.3) is 22.3 Å². The molecule has 0 aliphatic carbocycles. The summed E-state index contributed by atoms with van der Waals surface area (Å²) < 4.78 is 0. The van der Waals surface area contributed by atoms with Gasteiger partial charge in [-0.15, -0.1) is 0 Å². The van der Waals surface area contributed by atoms with Gasteiger partial charge in [0.15, 0.2) is 0 Å². The second-order valence-electron chi connectivity index (χ2n) is 5.20. The predicted octanol–water partition coefficient (Wildman–Crippen LogP) is 2.07. The molecule has 0 fully saturated rings. The number of hydrogen-bond donors (Lipinski definition) is 2. The maximum atomic E-state index is 12.5. The molecule has 1 amide bonds. The summed E-state index contributed by atoms with van der Waals surface area (Å²) in [5.74, 6) is -0.237. The van der Waals surface area contributed by atoms with Crippen molar-refractivity contribution in [3.05, 3.63) is 54.0 Å². The molecule has 3 aromatic rings. The number of pyridine rings is 3. The van der Waals surface area contributed by atoms with Gasteiger partial charge < -0.3 is 11.1 Å². The Morgan fingerprint density at radius 1 is 1.17 bits per heavy atom. The third kappa shape index (κ3) is 2.64. The molecule has 1 atom stereocenters. The Labute approximate surface area is 133 Å². The van der Waals surface area contributed by atoms with Crippen molar-refractivity contribution >= 4 is 16.9 Å². The van der Waals surface area contributed by atoms with Crippen LogP contribution in [0.5, 0.6) is 0 Å². The number of carbonyl (C=O) groups is 1. The van der Waals surface area contributed by atoms with E-state index in [0.29, 0.717) is 33.5 Å². The summed E-state index contributed by atoms with van der Waals surface area (Å²) in [4.78, 5) is 25.9. The molecular formula is C17H17N5O. The third-order valence-electron chi connectivity index (χ3n) is 3.58. The first-order chi connectivity index (χ1) is 11.1. The highest BCUT2D eigenvalue weighted by atomic mass is 16.1. The summed E-state index contributed by atoms with van der Waals surface area (Å²) in [5.41, 5.74) is 9.64. The maximum Gasteiger partial charge on any atom is 0.254 e. The molecule has 3 rings (SSSR count). The Bertz CT molecular complexity index is 861. The first kappa shape index (κ1) is 15.1. The molecule has 6 heteroatoms. The van der Waals surface area contributed by atoms with Gasteiger partial charge in [-0.2, -0.15) is 0 Å². The highest BCUT2D eigenvalue weighted by molar-refractivity contribution is 6.10. The van der Waals surface area contributed by atoms with Crippen LogP contribution in [0.15, 0.2) is 42.7 Å². The lowest BCUT2D eigenvalue weighted by molar-refractivity contribution is 0.0965. The number of nitrogens with one attached hydrogen (secondary N) is 1. The Morgan fingerprint density at radius 2 is 1.96 bits per heavy atom. The zero-order chi connectivity index (χ0) is 16.4. The number of carbonyl (C=O) groups excluding carboxylic acids is 1. The molecule has 23 heavy (non-hydrogen) atoms. The number of hydrogen-bond acceptors (Lipinski definition) is 5. The Kier molecular flexibility index (Phi) is 3.99. The number of amides is 1. The molecule has 3 N–H and O–H groups in total. The van der Waals surface area contributed by atoms with Crippen LogP contribution in [0.2, 0.25) is 0 Å². The lowest BCUT2D eigenvalue weighted by Gasteiger charge is -2.17. The van der Waals surface area contributed by atoms with Gasteiger partial charge in [0, 0.05) is 31.0 Å². The number of aromatic nitrogens is 3. The minimum absolute atomic E-state index is 0.237. The fourth-order valence-corrected chi connectivity index (χ4v) is 2.56. The average molecular weight is 307 g/mol. The second-order valence-corrected chi connectivity index (χ2v) is 5.20. The van der Waals surface area contributed by atoms with Crippen molar-refractivity contribution < 1.29 is 4.79 Å². The van der Waals surface area contributed by atoms with E-state index in [9.17, 15) is 4.79 Å². The fraction of sp³-hybridized carbons (Fsp3) is 0.176. The minimum atomic E-state index is -0.347. The summed E-state index contributed by atoms with van der Waals surface area (Å²) in [6.07, 6.45) is 3.32. The van der Waals surface area contributed by atoms with E-state index in [1.54, 1.807) is 25.5 Å². The van der Waals surface area contributed by atoms with Crippen molar-refractivity contribution in [2.45, 2.75) is 13.0 Å². The van der Waals surface area contributed by atoms with Crippen LogP contribution >= 0.6 is 0 Å². The molecule has 0 aliphatic rings. The smallest absolute Gasteiger partial charge is 0.254 e. The number of rotatable bonds is 3. The molecule has 0 spiro atoms. The van der Waals surface area contributed by atoms with Crippen molar-refractivity contribution in [2.24, 2.45) is 5.73 Å². The molecule has 6 nitrogen and oxygen atoms in total. The van der Waals surface area contributed by atoms with Crippen LogP contribution in [0.4, 0.5) is 0 Å². The number of fused-ring (bicyclic) bond motifs is 1. The van der Waals surface area contributed by atoms with Crippen molar-refractivity contribution in [3.8, 4) is 11.3 Å². The molecule has 116 valence electrons. The van der Waals surface area contributed by atoms with E-state index in [4.69, 9.17) is 5.73 Å². The first-order valence-electron chi connectivity index (χ1n) is 7.31. The van der Waals surface area contributed by atoms with E-state index < -0.39 is 0 Å². The topological polar surface area (TPSA) is 93.8 Å². The first-order valence-corrected chi connectivity index (χ1v) is 7.31. The third-order valence-corrected chi connectivity index (χ3v) is 3.58. The molecule has 0 aliphatic heterocycles. The van der Waals surface area contributed by atoms with Crippen LogP contribution in [0.3, 0.4) is 0 Å². The van der Waals surface area contributed by atoms with E-state index in [2.05, 4.69) is 20.3 Å². The number of nitrogens with zero attached hydrogens (tertiary/aromatic N) is 3. The van der Waals surface area contributed by atoms with Gasteiger partial charge in [-0.1, -0.05) is 6.07 Å². The van der Waals surface area contributed by atoms with Gasteiger partial charge in [0.25, 0.3) is 5.91 Å². The molecule has 0 saturated heterocycles. The summed E-state index contributed by atoms with van der Waals surface area (Å²) in [5, 5.41) is 2.67. The fourth-order valence-electron chi connectivity index (χ4n) is 2.56. The van der Waals surface area contributed by atoms with Gasteiger partial charge in [-0.25, -0.2) is 4.98 Å². The molecule has 0 saturated carbocycles. The average Bonchev–Trinajstić information content (AvgIpc) is 2.60. The van der Waals surface area contributed by atoms with Crippen LogP contribution in [-0.4, -0.2) is 27.9 Å². The zero-order valence-corrected chi connectivity index (χ0v) is 12.9. The van der Waals surface area contributed by atoms with Crippen LogP contribution in [0.1, 0.15) is 29.0 Å². The van der Waals surface area contributed by atoms with Crippen molar-refractivity contribution in [2.75, 3.05) is 7.05 Å². The normalized spacial score (nSPS) is 12.1. The van der Waals surface area contributed by atoms with Gasteiger partial charge in [0.1, 0.15) is 5.52 Å². The van der Waals surface area contributed by atoms with E-state index in [1.807, 2.05) is 31.2 Å². The highest BCUT2D eigenvalue weighted by Gasteiger charge is 2.24. The summed E-state index contributed by atoms with van der Waals surface area (Å²) >= 11 is 0. The molecule has 3 aromatic heterocycles. The van der Waals surface area contributed by atoms with E-state index >= 15 is 0 Å². The van der Waals surface area contributed by atoms with Gasteiger partial charge in [-0.05, 0) is 31.2 Å². The highest BCUT2D eigenvalue weighted by Crippen LogP contribution is 2.32. The maximum absolute atomic E-state index is 12.5. The lowest BCUT2D eigenvalue weighted by Crippen LogP contribution is -2.22. The van der Waals surface area contributed by atoms with Gasteiger partial charge >= 0.3 is 0 Å². The zero-order valence-electron chi connectivity index (χ0n) is 12.9. The van der Waals surface area contributed by atoms with Gasteiger partial charge in [0.05, 0.1) is 22.5 Å². The van der Waals surface area contributed by atoms with Crippen LogP contribution < -0.4 is 11.1 Å². The van der Waals surface area contributed by atoms with E-state index in [0.717, 1.165) is 0 Å². The van der Waals surface area contributed by atoms with Crippen molar-refractivity contribution in [3.63, 3.8) is 0 Å². The summed E-state index contributed by atoms with van der Waals surface area (Å²) in [6, 6.07) is 8.78. The molecule has 0 radical (unpaired) electrons. The lowest BCUT2D eigenvalue weighted by atomic mass is 9.96. The largest absolute Gasteiger partial charge is 0.355 e. The Morgan fingerprint density at radius 3 is 2.61 bits per heavy atom. The van der Waals surface area contributed by atoms with E-state index in [-0.39, 0.29) is 11.9 Å². The van der Waals surface area contributed by atoms with Crippen LogP contribution in [-0.2, 0) is 0 Å². The van der Waals surface area contributed by atoms with Gasteiger partial charge in [0.2, 0.25) is 0 Å². The molecule has 1 unspecified atom stereocenters. The molecule has 3 heterocycles. The van der Waals surface area contributed by atoms with Crippen LogP contribution in [0, 0.1) is 0 Å². The molecular weight excluding hydrogens is 290 g/mol. The monoisotopic (exact) mass is 307 g/mol. The van der Waals surface area contributed by atoms with E-state index in [1.165, 1.54) is 0 Å². The standard InChI is InChI=1S/C17H17N5O/c1-10(18)15-13(11-6-3-4-8-20-11)14(17(23)19-2)16-12(22-15)7-5-9-21-16/h3-10H,18H2,1-2H3,(H,19,23). The Hall–Kier alpha value is -2.86. The molecule has 0 aromatic carbocycles. The minimum Gasteiger partial charge on any atom is -0.355 e. The predicted molar refractivity (Wildman–Crippen MR) is 88.8 cm³/mol. The second kappa shape index (κ2) is 6.10. The molecule has 0 bridgehead atoms. The Balaban J connectivity index is 2.47.